The average molecular weight is 324 g/mol. The van der Waals surface area contributed by atoms with E-state index in [1.807, 2.05) is 54.6 Å². The number of benzene rings is 2. The molecule has 126 valence electrons. The molecular weight excluding hydrogens is 299 g/mol. The largest absolute Gasteiger partial charge is 0.494 e. The monoisotopic (exact) mass is 324 g/mol. The molecule has 1 atom stereocenters. The molecule has 0 spiro atoms. The van der Waals surface area contributed by atoms with Crippen LogP contribution < -0.4 is 5.46 Å². The highest BCUT2D eigenvalue weighted by atomic mass is 16.7. The fraction of sp³-hybridized carbons (Fsp3) is 0.400. The van der Waals surface area contributed by atoms with Gasteiger partial charge < -0.3 is 14.4 Å². The molecule has 3 nitrogen and oxygen atoms in total. The molecule has 0 saturated carbocycles. The van der Waals surface area contributed by atoms with Gasteiger partial charge in [0, 0.05) is 6.42 Å². The molecule has 1 heterocycles. The second kappa shape index (κ2) is 6.36. The fourth-order valence-electron chi connectivity index (χ4n) is 2.81. The predicted molar refractivity (Wildman–Crippen MR) is 97.3 cm³/mol. The van der Waals surface area contributed by atoms with Crippen molar-refractivity contribution in [1.29, 1.82) is 0 Å². The van der Waals surface area contributed by atoms with Gasteiger partial charge in [0.1, 0.15) is 0 Å². The molecule has 0 radical (unpaired) electrons. The van der Waals surface area contributed by atoms with Gasteiger partial charge in [-0.15, -0.1) is 0 Å². The van der Waals surface area contributed by atoms with Gasteiger partial charge in [0.25, 0.3) is 0 Å². The first-order chi connectivity index (χ1) is 11.3. The molecule has 3 rings (SSSR count). The maximum atomic E-state index is 10.3. The smallest absolute Gasteiger partial charge is 0.399 e. The van der Waals surface area contributed by atoms with E-state index < -0.39 is 6.10 Å². The fourth-order valence-corrected chi connectivity index (χ4v) is 2.81. The molecule has 2 aromatic carbocycles. The van der Waals surface area contributed by atoms with Crippen LogP contribution in [0.25, 0.3) is 0 Å². The van der Waals surface area contributed by atoms with Crippen LogP contribution in [-0.4, -0.2) is 23.4 Å². The van der Waals surface area contributed by atoms with Crippen LogP contribution in [0.4, 0.5) is 0 Å². The van der Waals surface area contributed by atoms with Crippen molar-refractivity contribution in [3.8, 4) is 0 Å². The van der Waals surface area contributed by atoms with Crippen molar-refractivity contribution in [2.24, 2.45) is 0 Å². The lowest BCUT2D eigenvalue weighted by atomic mass is 9.78. The highest BCUT2D eigenvalue weighted by molar-refractivity contribution is 6.62. The highest BCUT2D eigenvalue weighted by Crippen LogP contribution is 2.36. The lowest BCUT2D eigenvalue weighted by Gasteiger charge is -2.32. The van der Waals surface area contributed by atoms with E-state index in [4.69, 9.17) is 9.31 Å². The van der Waals surface area contributed by atoms with E-state index in [1.54, 1.807) is 0 Å². The van der Waals surface area contributed by atoms with E-state index in [2.05, 4.69) is 27.7 Å². The van der Waals surface area contributed by atoms with Crippen LogP contribution in [0.1, 0.15) is 44.9 Å². The number of hydrogen-bond donors (Lipinski definition) is 1. The molecule has 0 aromatic heterocycles. The van der Waals surface area contributed by atoms with Crippen LogP contribution in [-0.2, 0) is 15.7 Å². The molecule has 1 saturated heterocycles. The van der Waals surface area contributed by atoms with E-state index >= 15 is 0 Å². The summed E-state index contributed by atoms with van der Waals surface area (Å²) in [6.45, 7) is 8.21. The molecule has 0 aliphatic carbocycles. The first-order valence-electron chi connectivity index (χ1n) is 8.46. The summed E-state index contributed by atoms with van der Waals surface area (Å²) in [7, 11) is -0.344. The minimum atomic E-state index is -0.492. The minimum Gasteiger partial charge on any atom is -0.399 e. The van der Waals surface area contributed by atoms with Gasteiger partial charge in [-0.2, -0.15) is 0 Å². The minimum absolute atomic E-state index is 0.333. The van der Waals surface area contributed by atoms with Gasteiger partial charge >= 0.3 is 7.12 Å². The molecule has 1 unspecified atom stereocenters. The normalized spacial score (nSPS) is 20.1. The number of hydrogen-bond acceptors (Lipinski definition) is 3. The topological polar surface area (TPSA) is 38.7 Å². The Morgan fingerprint density at radius 2 is 1.42 bits per heavy atom. The van der Waals surface area contributed by atoms with E-state index in [0.717, 1.165) is 16.6 Å². The Balaban J connectivity index is 1.68. The summed E-state index contributed by atoms with van der Waals surface area (Å²) in [5, 5.41) is 10.3. The standard InChI is InChI=1S/C20H25BO3/c1-19(2)20(3,4)24-21(23-19)17-12-10-15(11-13-17)14-18(22)16-8-6-5-7-9-16/h5-13,18,22H,14H2,1-4H3. The molecule has 1 fully saturated rings. The van der Waals surface area contributed by atoms with Crippen molar-refractivity contribution in [2.45, 2.75) is 51.4 Å². The van der Waals surface area contributed by atoms with Gasteiger partial charge in [-0.05, 0) is 44.3 Å². The SMILES string of the molecule is CC1(C)OB(c2ccc(CC(O)c3ccccc3)cc2)OC1(C)C. The summed E-state index contributed by atoms with van der Waals surface area (Å²) in [5.41, 5.74) is 2.37. The predicted octanol–water partition coefficient (Wildman–Crippen LogP) is 3.26. The first-order valence-corrected chi connectivity index (χ1v) is 8.46. The van der Waals surface area contributed by atoms with Gasteiger partial charge in [0.05, 0.1) is 17.3 Å². The summed E-state index contributed by atoms with van der Waals surface area (Å²) in [6.07, 6.45) is 0.0992. The van der Waals surface area contributed by atoms with E-state index in [-0.39, 0.29) is 18.3 Å². The molecule has 4 heteroatoms. The number of aliphatic hydroxyl groups excluding tert-OH is 1. The Hall–Kier alpha value is -1.62. The van der Waals surface area contributed by atoms with Crippen LogP contribution in [0.5, 0.6) is 0 Å². The number of aliphatic hydroxyl groups is 1. The first kappa shape index (κ1) is 17.2. The molecule has 0 bridgehead atoms. The zero-order valence-corrected chi connectivity index (χ0v) is 14.8. The molecule has 0 amide bonds. The molecule has 1 N–H and O–H groups in total. The van der Waals surface area contributed by atoms with Crippen molar-refractivity contribution in [1.82, 2.24) is 0 Å². The summed E-state index contributed by atoms with van der Waals surface area (Å²) in [4.78, 5) is 0. The Morgan fingerprint density at radius 3 is 1.96 bits per heavy atom. The van der Waals surface area contributed by atoms with Crippen LogP contribution in [0, 0.1) is 0 Å². The summed E-state index contributed by atoms with van der Waals surface area (Å²) in [5.74, 6) is 0. The van der Waals surface area contributed by atoms with Gasteiger partial charge in [-0.25, -0.2) is 0 Å². The van der Waals surface area contributed by atoms with Gasteiger partial charge in [-0.3, -0.25) is 0 Å². The van der Waals surface area contributed by atoms with Gasteiger partial charge in [-0.1, -0.05) is 54.6 Å². The highest BCUT2D eigenvalue weighted by Gasteiger charge is 2.51. The zero-order valence-electron chi connectivity index (χ0n) is 14.8. The summed E-state index contributed by atoms with van der Waals surface area (Å²) >= 11 is 0. The lowest BCUT2D eigenvalue weighted by Crippen LogP contribution is -2.41. The van der Waals surface area contributed by atoms with E-state index in [1.165, 1.54) is 0 Å². The van der Waals surface area contributed by atoms with Gasteiger partial charge in [0.15, 0.2) is 0 Å². The van der Waals surface area contributed by atoms with Crippen LogP contribution in [0.2, 0.25) is 0 Å². The van der Waals surface area contributed by atoms with Crippen LogP contribution >= 0.6 is 0 Å². The summed E-state index contributed by atoms with van der Waals surface area (Å²) in [6, 6.07) is 17.9. The second-order valence-electron chi connectivity index (χ2n) is 7.46. The second-order valence-corrected chi connectivity index (χ2v) is 7.46. The van der Waals surface area contributed by atoms with Crippen LogP contribution in [0.3, 0.4) is 0 Å². The number of rotatable bonds is 4. The lowest BCUT2D eigenvalue weighted by molar-refractivity contribution is 0.00578. The van der Waals surface area contributed by atoms with E-state index in [9.17, 15) is 5.11 Å². The third-order valence-corrected chi connectivity index (χ3v) is 5.12. The molecule has 2 aromatic rings. The zero-order chi connectivity index (χ0) is 17.4. The van der Waals surface area contributed by atoms with Crippen molar-refractivity contribution in [3.05, 3.63) is 65.7 Å². The van der Waals surface area contributed by atoms with Crippen molar-refractivity contribution in [2.75, 3.05) is 0 Å². The van der Waals surface area contributed by atoms with Crippen LogP contribution in [0.15, 0.2) is 54.6 Å². The van der Waals surface area contributed by atoms with E-state index in [0.29, 0.717) is 6.42 Å². The maximum absolute atomic E-state index is 10.3. The Kier molecular flexibility index (Phi) is 4.56. The van der Waals surface area contributed by atoms with Crippen molar-refractivity contribution < 1.29 is 14.4 Å². The quantitative estimate of drug-likeness (QED) is 0.878. The third kappa shape index (κ3) is 3.41. The summed E-state index contributed by atoms with van der Waals surface area (Å²) < 4.78 is 12.1. The van der Waals surface area contributed by atoms with Crippen molar-refractivity contribution in [3.63, 3.8) is 0 Å². The average Bonchev–Trinajstić information content (AvgIpc) is 2.77. The maximum Gasteiger partial charge on any atom is 0.494 e. The van der Waals surface area contributed by atoms with Crippen molar-refractivity contribution >= 4 is 12.6 Å². The Bertz CT molecular complexity index is 664. The van der Waals surface area contributed by atoms with Gasteiger partial charge in [0.2, 0.25) is 0 Å². The Labute approximate surface area is 144 Å². The third-order valence-electron chi connectivity index (χ3n) is 5.12. The molecule has 24 heavy (non-hydrogen) atoms. The molecule has 1 aliphatic rings. The molecule has 1 aliphatic heterocycles. The molecular formula is C20H25BO3. The Morgan fingerprint density at radius 1 is 0.875 bits per heavy atom.